The molecule has 0 unspecified atom stereocenters. The number of ether oxygens (including phenoxy) is 1. The number of nitrogens with one attached hydrogen (secondary N) is 2. The lowest BCUT2D eigenvalue weighted by molar-refractivity contribution is -0.140. The molecule has 0 aromatic heterocycles. The molecule has 7 nitrogen and oxygen atoms in total. The molecule has 196 valence electrons. The van der Waals surface area contributed by atoms with Crippen molar-refractivity contribution in [2.75, 3.05) is 6.61 Å². The number of amides is 4. The molecule has 5 rings (SSSR count). The smallest absolute Gasteiger partial charge is 0.376 e. The van der Waals surface area contributed by atoms with Crippen molar-refractivity contribution < 1.29 is 32.3 Å². The molecular formula is C26H25ClF3N3O4. The number of benzene rings is 2. The standard InChI is InChI=1S/C26H25ClF3N3O4/c27-21-9-17-12-33(11-16(17)8-20(21)26(28,29)30)22(34)18(14-37-13-15-4-2-1-3-5-15)10-25(19-6-7-19)23(35)31-24(36)32-25/h1-5,8-9,18-19H,6-7,10-14H2,(H2,31,32,35,36)/t18-,25-/m0/s1. The van der Waals surface area contributed by atoms with Crippen LogP contribution in [0.25, 0.3) is 0 Å². The first-order valence-corrected chi connectivity index (χ1v) is 12.4. The van der Waals surface area contributed by atoms with E-state index in [-0.39, 0.29) is 44.5 Å². The molecule has 2 fully saturated rings. The lowest BCUT2D eigenvalue weighted by atomic mass is 9.82. The zero-order chi connectivity index (χ0) is 26.4. The summed E-state index contributed by atoms with van der Waals surface area (Å²) in [5.74, 6) is -1.72. The van der Waals surface area contributed by atoms with Crippen molar-refractivity contribution in [3.05, 3.63) is 69.7 Å². The first-order chi connectivity index (χ1) is 17.6. The highest BCUT2D eigenvalue weighted by molar-refractivity contribution is 6.31. The Bertz CT molecular complexity index is 1240. The van der Waals surface area contributed by atoms with Gasteiger partial charge in [0.25, 0.3) is 5.91 Å². The number of hydrogen-bond donors (Lipinski definition) is 2. The minimum absolute atomic E-state index is 0.0153. The van der Waals surface area contributed by atoms with Gasteiger partial charge in [-0.2, -0.15) is 13.2 Å². The van der Waals surface area contributed by atoms with E-state index >= 15 is 0 Å². The van der Waals surface area contributed by atoms with Gasteiger partial charge in [-0.15, -0.1) is 0 Å². The van der Waals surface area contributed by atoms with Gasteiger partial charge in [-0.25, -0.2) is 4.79 Å². The Balaban J connectivity index is 1.37. The first-order valence-electron chi connectivity index (χ1n) is 12.0. The number of hydrogen-bond acceptors (Lipinski definition) is 4. The number of nitrogens with zero attached hydrogens (tertiary/aromatic N) is 1. The van der Waals surface area contributed by atoms with Crippen molar-refractivity contribution in [1.82, 2.24) is 15.5 Å². The van der Waals surface area contributed by atoms with Crippen LogP contribution in [0.15, 0.2) is 42.5 Å². The molecule has 1 aliphatic carbocycles. The van der Waals surface area contributed by atoms with Crippen LogP contribution >= 0.6 is 11.6 Å². The van der Waals surface area contributed by atoms with Crippen molar-refractivity contribution in [3.8, 4) is 0 Å². The van der Waals surface area contributed by atoms with Crippen LogP contribution in [0.4, 0.5) is 18.0 Å². The van der Waals surface area contributed by atoms with E-state index in [2.05, 4.69) is 10.6 Å². The topological polar surface area (TPSA) is 87.7 Å². The van der Waals surface area contributed by atoms with Crippen molar-refractivity contribution in [3.63, 3.8) is 0 Å². The highest BCUT2D eigenvalue weighted by Crippen LogP contribution is 2.45. The normalized spacial score (nSPS) is 22.0. The van der Waals surface area contributed by atoms with Crippen LogP contribution < -0.4 is 10.6 Å². The maximum absolute atomic E-state index is 13.7. The third-order valence-corrected chi connectivity index (χ3v) is 7.53. The SMILES string of the molecule is O=C1NC(=O)[C@](C[C@@H](COCc2ccccc2)C(=O)N2Cc3cc(Cl)c(C(F)(F)F)cc3C2)(C2CC2)N1. The summed E-state index contributed by atoms with van der Waals surface area (Å²) in [5, 5.41) is 4.62. The maximum Gasteiger partial charge on any atom is 0.417 e. The van der Waals surface area contributed by atoms with Crippen molar-refractivity contribution in [2.45, 2.75) is 50.7 Å². The van der Waals surface area contributed by atoms with E-state index in [9.17, 15) is 27.6 Å². The van der Waals surface area contributed by atoms with Crippen LogP contribution in [0.1, 0.15) is 41.5 Å². The van der Waals surface area contributed by atoms with Gasteiger partial charge in [-0.3, -0.25) is 14.9 Å². The van der Waals surface area contributed by atoms with Gasteiger partial charge < -0.3 is 15.0 Å². The predicted octanol–water partition coefficient (Wildman–Crippen LogP) is 4.41. The summed E-state index contributed by atoms with van der Waals surface area (Å²) in [6.07, 6.45) is -3.09. The summed E-state index contributed by atoms with van der Waals surface area (Å²) in [5.41, 5.74) is -0.340. The summed E-state index contributed by atoms with van der Waals surface area (Å²) in [6, 6.07) is 11.0. The van der Waals surface area contributed by atoms with Gasteiger partial charge in [0, 0.05) is 13.1 Å². The van der Waals surface area contributed by atoms with E-state index < -0.39 is 40.2 Å². The molecule has 1 saturated heterocycles. The number of imide groups is 1. The lowest BCUT2D eigenvalue weighted by Gasteiger charge is -2.32. The van der Waals surface area contributed by atoms with Gasteiger partial charge in [-0.05, 0) is 54.0 Å². The average molecular weight is 536 g/mol. The minimum Gasteiger partial charge on any atom is -0.376 e. The van der Waals surface area contributed by atoms with Gasteiger partial charge in [0.15, 0.2) is 0 Å². The second-order valence-corrected chi connectivity index (χ2v) is 10.3. The van der Waals surface area contributed by atoms with Crippen LogP contribution in [0.2, 0.25) is 5.02 Å². The molecule has 2 N–H and O–H groups in total. The van der Waals surface area contributed by atoms with Gasteiger partial charge in [-0.1, -0.05) is 41.9 Å². The number of urea groups is 1. The van der Waals surface area contributed by atoms with Crippen molar-refractivity contribution in [2.24, 2.45) is 11.8 Å². The van der Waals surface area contributed by atoms with Crippen LogP contribution in [0.3, 0.4) is 0 Å². The summed E-state index contributed by atoms with van der Waals surface area (Å²) < 4.78 is 45.9. The van der Waals surface area contributed by atoms with Gasteiger partial charge in [0.1, 0.15) is 5.54 Å². The lowest BCUT2D eigenvalue weighted by Crippen LogP contribution is -2.52. The van der Waals surface area contributed by atoms with Gasteiger partial charge in [0.2, 0.25) is 5.91 Å². The van der Waals surface area contributed by atoms with Crippen LogP contribution in [-0.4, -0.2) is 34.9 Å². The van der Waals surface area contributed by atoms with E-state index in [4.69, 9.17) is 16.3 Å². The third kappa shape index (κ3) is 5.17. The van der Waals surface area contributed by atoms with Crippen LogP contribution in [0.5, 0.6) is 0 Å². The molecule has 0 radical (unpaired) electrons. The molecule has 2 aromatic carbocycles. The molecule has 4 amide bonds. The Morgan fingerprint density at radius 1 is 1.14 bits per heavy atom. The van der Waals surface area contributed by atoms with E-state index in [0.717, 1.165) is 24.5 Å². The Morgan fingerprint density at radius 3 is 2.41 bits per heavy atom. The van der Waals surface area contributed by atoms with E-state index in [0.29, 0.717) is 11.1 Å². The van der Waals surface area contributed by atoms with Crippen molar-refractivity contribution >= 4 is 29.4 Å². The fourth-order valence-corrected chi connectivity index (χ4v) is 5.52. The first kappa shape index (κ1) is 25.5. The average Bonchev–Trinajstić information content (AvgIpc) is 3.55. The highest BCUT2D eigenvalue weighted by atomic mass is 35.5. The summed E-state index contributed by atoms with van der Waals surface area (Å²) in [7, 11) is 0. The molecule has 11 heteroatoms. The number of halogens is 4. The zero-order valence-electron chi connectivity index (χ0n) is 19.7. The fourth-order valence-electron chi connectivity index (χ4n) is 5.23. The Hall–Kier alpha value is -3.11. The van der Waals surface area contributed by atoms with E-state index in [1.807, 2.05) is 30.3 Å². The van der Waals surface area contributed by atoms with Crippen molar-refractivity contribution in [1.29, 1.82) is 0 Å². The number of rotatable bonds is 8. The number of fused-ring (bicyclic) bond motifs is 1. The molecule has 2 aromatic rings. The number of carbonyl (C=O) groups excluding carboxylic acids is 3. The second kappa shape index (κ2) is 9.64. The third-order valence-electron chi connectivity index (χ3n) is 7.22. The maximum atomic E-state index is 13.7. The molecular weight excluding hydrogens is 511 g/mol. The molecule has 0 bridgehead atoms. The number of carbonyl (C=O) groups is 3. The van der Waals surface area contributed by atoms with E-state index in [1.165, 1.54) is 11.0 Å². The van der Waals surface area contributed by atoms with E-state index in [1.54, 1.807) is 0 Å². The summed E-state index contributed by atoms with van der Waals surface area (Å²) in [4.78, 5) is 40.0. The quantitative estimate of drug-likeness (QED) is 0.490. The highest BCUT2D eigenvalue weighted by Gasteiger charge is 2.57. The molecule has 2 atom stereocenters. The summed E-state index contributed by atoms with van der Waals surface area (Å²) >= 11 is 5.88. The Labute approximate surface area is 216 Å². The molecule has 2 aliphatic heterocycles. The zero-order valence-corrected chi connectivity index (χ0v) is 20.5. The largest absolute Gasteiger partial charge is 0.417 e. The van der Waals surface area contributed by atoms with Gasteiger partial charge in [0.05, 0.1) is 29.7 Å². The molecule has 3 aliphatic rings. The number of alkyl halides is 3. The predicted molar refractivity (Wildman–Crippen MR) is 127 cm³/mol. The fraction of sp³-hybridized carbons (Fsp3) is 0.423. The monoisotopic (exact) mass is 535 g/mol. The molecule has 0 spiro atoms. The molecule has 2 heterocycles. The summed E-state index contributed by atoms with van der Waals surface area (Å²) in [6.45, 7) is 0.298. The Morgan fingerprint density at radius 2 is 1.81 bits per heavy atom. The van der Waals surface area contributed by atoms with Gasteiger partial charge >= 0.3 is 12.2 Å². The Kier molecular flexibility index (Phi) is 6.66. The van der Waals surface area contributed by atoms with Crippen LogP contribution in [0, 0.1) is 11.8 Å². The second-order valence-electron chi connectivity index (χ2n) is 9.85. The molecule has 1 saturated carbocycles. The minimum atomic E-state index is -4.61. The van der Waals surface area contributed by atoms with Crippen LogP contribution in [-0.2, 0) is 40.2 Å². The molecule has 37 heavy (non-hydrogen) atoms.